The topological polar surface area (TPSA) is 34.2 Å². The highest BCUT2D eigenvalue weighted by molar-refractivity contribution is 5.40. The predicted molar refractivity (Wildman–Crippen MR) is 99.3 cm³/mol. The van der Waals surface area contributed by atoms with Gasteiger partial charge in [0.05, 0.1) is 20.3 Å². The number of nitrogens with zero attached hydrogens (tertiary/aromatic N) is 2. The van der Waals surface area contributed by atoms with Gasteiger partial charge in [0.2, 0.25) is 0 Å². The zero-order valence-corrected chi connectivity index (χ0v) is 15.6. The molecule has 3 saturated heterocycles. The Labute approximate surface area is 151 Å². The van der Waals surface area contributed by atoms with Crippen molar-refractivity contribution < 1.29 is 14.2 Å². The molecule has 0 amide bonds. The van der Waals surface area contributed by atoms with Gasteiger partial charge in [0.25, 0.3) is 0 Å². The maximum absolute atomic E-state index is 5.84. The summed E-state index contributed by atoms with van der Waals surface area (Å²) in [7, 11) is 5.24. The first kappa shape index (κ1) is 18.2. The van der Waals surface area contributed by atoms with E-state index in [9.17, 15) is 0 Å². The highest BCUT2D eigenvalue weighted by Crippen LogP contribution is 2.33. The molecule has 3 aliphatic heterocycles. The van der Waals surface area contributed by atoms with Crippen LogP contribution in [0.3, 0.4) is 0 Å². The average Bonchev–Trinajstić information content (AvgIpc) is 2.91. The molecule has 0 radical (unpaired) electrons. The standard InChI is InChI=1S/C20H30N2O3/c1-5-10-21-14-18-19(24-3)9-7-16(21)13-22(18)12-15-6-8-17(23-2)11-20(15)25-4/h5-6,8,11,16,18-19H,1,7,9-10,12-14H2,2-4H3/t16-,18+,19+/m0/s1. The fourth-order valence-electron chi connectivity index (χ4n) is 4.25. The van der Waals surface area contributed by atoms with E-state index in [0.29, 0.717) is 12.1 Å². The molecule has 1 aromatic rings. The Hall–Kier alpha value is -1.56. The number of piperazine rings is 1. The van der Waals surface area contributed by atoms with Crippen LogP contribution >= 0.6 is 0 Å². The van der Waals surface area contributed by atoms with Crippen LogP contribution in [0.15, 0.2) is 30.9 Å². The van der Waals surface area contributed by atoms with Crippen LogP contribution in [-0.2, 0) is 11.3 Å². The van der Waals surface area contributed by atoms with Crippen LogP contribution in [0.2, 0.25) is 0 Å². The molecule has 3 heterocycles. The van der Waals surface area contributed by atoms with Crippen LogP contribution in [-0.4, -0.2) is 69.0 Å². The normalized spacial score (nSPS) is 27.1. The minimum absolute atomic E-state index is 0.282. The van der Waals surface area contributed by atoms with Crippen molar-refractivity contribution >= 4 is 0 Å². The highest BCUT2D eigenvalue weighted by atomic mass is 16.5. The molecule has 5 heteroatoms. The molecule has 0 saturated carbocycles. The van der Waals surface area contributed by atoms with Crippen LogP contribution in [0.5, 0.6) is 11.5 Å². The summed E-state index contributed by atoms with van der Waals surface area (Å²) < 4.78 is 16.8. The molecule has 0 unspecified atom stereocenters. The molecule has 0 N–H and O–H groups in total. The van der Waals surface area contributed by atoms with Gasteiger partial charge >= 0.3 is 0 Å². The number of benzene rings is 1. The summed E-state index contributed by atoms with van der Waals surface area (Å²) in [5.74, 6) is 1.71. The number of methoxy groups -OCH3 is 3. The van der Waals surface area contributed by atoms with Gasteiger partial charge in [-0.05, 0) is 18.9 Å². The first-order valence-electron chi connectivity index (χ1n) is 9.02. The first-order valence-corrected chi connectivity index (χ1v) is 9.02. The van der Waals surface area contributed by atoms with Crippen molar-refractivity contribution in [1.82, 2.24) is 9.80 Å². The summed E-state index contributed by atoms with van der Waals surface area (Å²) in [6, 6.07) is 7.04. The SMILES string of the molecule is C=CCN1C[C@@H]2[C@H](OC)CC[C@H]1CN2Cc1ccc(OC)cc1OC. The largest absolute Gasteiger partial charge is 0.497 e. The highest BCUT2D eigenvalue weighted by Gasteiger charge is 2.41. The Balaban J connectivity index is 1.81. The van der Waals surface area contributed by atoms with Gasteiger partial charge in [-0.3, -0.25) is 9.80 Å². The number of ether oxygens (including phenoxy) is 3. The Morgan fingerprint density at radius 2 is 1.96 bits per heavy atom. The van der Waals surface area contributed by atoms with Crippen molar-refractivity contribution in [2.45, 2.75) is 37.6 Å². The third-order valence-electron chi connectivity index (χ3n) is 5.60. The lowest BCUT2D eigenvalue weighted by Crippen LogP contribution is -2.58. The number of hydrogen-bond acceptors (Lipinski definition) is 5. The second kappa shape index (κ2) is 8.21. The van der Waals surface area contributed by atoms with Gasteiger partial charge in [-0.1, -0.05) is 12.1 Å². The van der Waals surface area contributed by atoms with E-state index in [1.165, 1.54) is 12.0 Å². The van der Waals surface area contributed by atoms with E-state index in [2.05, 4.69) is 22.4 Å². The molecule has 3 fully saturated rings. The predicted octanol–water partition coefficient (Wildman–Crippen LogP) is 2.55. The van der Waals surface area contributed by atoms with Crippen LogP contribution in [0.25, 0.3) is 0 Å². The average molecular weight is 346 g/mol. The molecule has 3 atom stereocenters. The molecular formula is C20H30N2O3. The Kier molecular flexibility index (Phi) is 5.99. The molecule has 0 spiro atoms. The molecule has 3 aliphatic rings. The summed E-state index contributed by atoms with van der Waals surface area (Å²) in [5, 5.41) is 0. The molecule has 0 aromatic heterocycles. The second-order valence-corrected chi connectivity index (χ2v) is 6.92. The van der Waals surface area contributed by atoms with Crippen molar-refractivity contribution in [3.8, 4) is 11.5 Å². The van der Waals surface area contributed by atoms with Crippen molar-refractivity contribution in [2.24, 2.45) is 0 Å². The van der Waals surface area contributed by atoms with E-state index in [0.717, 1.165) is 44.1 Å². The fourth-order valence-corrected chi connectivity index (χ4v) is 4.25. The Bertz CT molecular complexity index is 592. The maximum Gasteiger partial charge on any atom is 0.127 e. The number of fused-ring (bicyclic) bond motifs is 4. The monoisotopic (exact) mass is 346 g/mol. The summed E-state index contributed by atoms with van der Waals surface area (Å²) in [5.41, 5.74) is 1.20. The molecular weight excluding hydrogens is 316 g/mol. The van der Waals surface area contributed by atoms with E-state index in [4.69, 9.17) is 14.2 Å². The van der Waals surface area contributed by atoms with Crippen molar-refractivity contribution in [3.05, 3.63) is 36.4 Å². The lowest BCUT2D eigenvalue weighted by molar-refractivity contribution is -0.0224. The smallest absolute Gasteiger partial charge is 0.127 e. The van der Waals surface area contributed by atoms with Crippen LogP contribution in [0, 0.1) is 0 Å². The molecule has 0 aliphatic carbocycles. The quantitative estimate of drug-likeness (QED) is 0.709. The first-order chi connectivity index (χ1) is 12.2. The van der Waals surface area contributed by atoms with Crippen molar-refractivity contribution in [3.63, 3.8) is 0 Å². The van der Waals surface area contributed by atoms with E-state index in [1.54, 1.807) is 14.2 Å². The molecule has 1 aromatic carbocycles. The minimum Gasteiger partial charge on any atom is -0.497 e. The molecule has 5 nitrogen and oxygen atoms in total. The maximum atomic E-state index is 5.84. The number of hydrogen-bond donors (Lipinski definition) is 0. The van der Waals surface area contributed by atoms with E-state index in [1.807, 2.05) is 25.3 Å². The van der Waals surface area contributed by atoms with E-state index < -0.39 is 0 Å². The summed E-state index contributed by atoms with van der Waals surface area (Å²) in [6.07, 6.45) is 4.60. The van der Waals surface area contributed by atoms with Crippen molar-refractivity contribution in [1.29, 1.82) is 0 Å². The van der Waals surface area contributed by atoms with Gasteiger partial charge < -0.3 is 14.2 Å². The third kappa shape index (κ3) is 3.84. The van der Waals surface area contributed by atoms with Crippen LogP contribution in [0.4, 0.5) is 0 Å². The second-order valence-electron chi connectivity index (χ2n) is 6.92. The fraction of sp³-hybridized carbons (Fsp3) is 0.600. The summed E-state index contributed by atoms with van der Waals surface area (Å²) in [4.78, 5) is 5.12. The zero-order valence-electron chi connectivity index (χ0n) is 15.6. The summed E-state index contributed by atoms with van der Waals surface area (Å²) in [6.45, 7) is 7.84. The third-order valence-corrected chi connectivity index (χ3v) is 5.60. The Morgan fingerprint density at radius 1 is 1.12 bits per heavy atom. The van der Waals surface area contributed by atoms with Gasteiger partial charge in [0.15, 0.2) is 0 Å². The van der Waals surface area contributed by atoms with Gasteiger partial charge in [-0.2, -0.15) is 0 Å². The van der Waals surface area contributed by atoms with E-state index >= 15 is 0 Å². The number of rotatable bonds is 7. The van der Waals surface area contributed by atoms with Crippen LogP contribution < -0.4 is 9.47 Å². The van der Waals surface area contributed by atoms with Gasteiger partial charge in [-0.25, -0.2) is 0 Å². The molecule has 2 bridgehead atoms. The Morgan fingerprint density at radius 3 is 2.64 bits per heavy atom. The van der Waals surface area contributed by atoms with E-state index in [-0.39, 0.29) is 6.10 Å². The molecule has 25 heavy (non-hydrogen) atoms. The molecule has 138 valence electrons. The summed E-state index contributed by atoms with van der Waals surface area (Å²) >= 11 is 0. The van der Waals surface area contributed by atoms with Crippen molar-refractivity contribution in [2.75, 3.05) is 41.0 Å². The van der Waals surface area contributed by atoms with Gasteiger partial charge in [0.1, 0.15) is 11.5 Å². The van der Waals surface area contributed by atoms with Crippen LogP contribution in [0.1, 0.15) is 18.4 Å². The lowest BCUT2D eigenvalue weighted by atomic mass is 10.0. The lowest BCUT2D eigenvalue weighted by Gasteiger charge is -2.45. The minimum atomic E-state index is 0.282. The molecule has 4 rings (SSSR count). The zero-order chi connectivity index (χ0) is 17.8. The van der Waals surface area contributed by atoms with Gasteiger partial charge in [0, 0.05) is 57.0 Å². The van der Waals surface area contributed by atoms with Gasteiger partial charge in [-0.15, -0.1) is 6.58 Å².